The van der Waals surface area contributed by atoms with E-state index in [1.54, 1.807) is 0 Å². The Balaban J connectivity index is 1.95. The maximum Gasteiger partial charge on any atom is 0.573 e. The second kappa shape index (κ2) is 10.3. The Morgan fingerprint density at radius 3 is 2.54 bits per heavy atom. The molecule has 35 heavy (non-hydrogen) atoms. The van der Waals surface area contributed by atoms with Crippen LogP contribution in [0, 0.1) is 11.8 Å². The topological polar surface area (TPSA) is 82.6 Å². The van der Waals surface area contributed by atoms with Crippen LogP contribution in [0.4, 0.5) is 22.0 Å². The molecule has 0 spiro atoms. The highest BCUT2D eigenvalue weighted by molar-refractivity contribution is 5.77. The lowest BCUT2D eigenvalue weighted by molar-refractivity contribution is -0.274. The van der Waals surface area contributed by atoms with Crippen LogP contribution in [0.5, 0.6) is 11.6 Å². The third-order valence-corrected chi connectivity index (χ3v) is 5.40. The van der Waals surface area contributed by atoms with Crippen LogP contribution in [-0.4, -0.2) is 47.6 Å². The molecule has 1 aromatic heterocycles. The Labute approximate surface area is 198 Å². The fraction of sp³-hybridized carbons (Fsp3) is 0.522. The third kappa shape index (κ3) is 6.36. The SMILES string of the molecule is C=CC(F)(F)c1nc2ccc(OC(F)(F)F)cc2nc1O[C@H]1CN[C@H](C(=O)OCC(C)C)[C@@H]1CC. The van der Waals surface area contributed by atoms with Gasteiger partial charge in [-0.15, -0.1) is 13.2 Å². The molecule has 2 aromatic rings. The van der Waals surface area contributed by atoms with Crippen molar-refractivity contribution in [2.24, 2.45) is 11.8 Å². The lowest BCUT2D eigenvalue weighted by Crippen LogP contribution is -2.38. The first-order valence-corrected chi connectivity index (χ1v) is 11.0. The van der Waals surface area contributed by atoms with Gasteiger partial charge in [0.15, 0.2) is 5.69 Å². The van der Waals surface area contributed by atoms with Crippen molar-refractivity contribution in [3.63, 3.8) is 0 Å². The zero-order valence-corrected chi connectivity index (χ0v) is 19.4. The van der Waals surface area contributed by atoms with Crippen LogP contribution in [0.3, 0.4) is 0 Å². The zero-order valence-electron chi connectivity index (χ0n) is 19.4. The van der Waals surface area contributed by atoms with Crippen LogP contribution in [0.25, 0.3) is 11.0 Å². The second-order valence-corrected chi connectivity index (χ2v) is 8.54. The maximum atomic E-state index is 14.6. The van der Waals surface area contributed by atoms with Gasteiger partial charge in [-0.05, 0) is 30.5 Å². The van der Waals surface area contributed by atoms with Gasteiger partial charge < -0.3 is 19.5 Å². The number of nitrogens with zero attached hydrogens (tertiary/aromatic N) is 2. The van der Waals surface area contributed by atoms with Crippen LogP contribution in [-0.2, 0) is 15.5 Å². The van der Waals surface area contributed by atoms with Gasteiger partial charge >= 0.3 is 18.3 Å². The van der Waals surface area contributed by atoms with Crippen LogP contribution in [0.2, 0.25) is 0 Å². The standard InChI is InChI=1S/C23H26F5N3O4/c1-5-14-17(10-29-18(14)21(32)33-11-12(3)4)34-20-19(22(24,25)6-2)30-15-8-7-13(9-16(15)31-20)35-23(26,27)28/h6-9,12,14,17-18,29H,2,5,10-11H2,1,3-4H3/t14-,17+,18+/m1/s1. The van der Waals surface area contributed by atoms with Gasteiger partial charge in [-0.3, -0.25) is 4.79 Å². The van der Waals surface area contributed by atoms with Gasteiger partial charge in [0, 0.05) is 18.5 Å². The van der Waals surface area contributed by atoms with E-state index in [4.69, 9.17) is 9.47 Å². The van der Waals surface area contributed by atoms with Crippen molar-refractivity contribution in [2.45, 2.75) is 51.6 Å². The highest BCUT2D eigenvalue weighted by atomic mass is 19.4. The number of nitrogens with one attached hydrogen (secondary N) is 1. The van der Waals surface area contributed by atoms with Crippen molar-refractivity contribution in [1.29, 1.82) is 0 Å². The molecule has 0 amide bonds. The summed E-state index contributed by atoms with van der Waals surface area (Å²) in [5.74, 6) is -5.58. The number of carbonyl (C=O) groups is 1. The number of aromatic nitrogens is 2. The minimum Gasteiger partial charge on any atom is -0.471 e. The molecule has 1 aromatic carbocycles. The van der Waals surface area contributed by atoms with Crippen molar-refractivity contribution in [2.75, 3.05) is 13.2 Å². The predicted octanol–water partition coefficient (Wildman–Crippen LogP) is 4.75. The van der Waals surface area contributed by atoms with Crippen molar-refractivity contribution in [3.05, 3.63) is 36.5 Å². The molecule has 1 fully saturated rings. The number of esters is 1. The molecule has 0 aliphatic carbocycles. The summed E-state index contributed by atoms with van der Waals surface area (Å²) in [6, 6.07) is 2.24. The number of halogens is 5. The first-order chi connectivity index (χ1) is 16.3. The fourth-order valence-corrected chi connectivity index (χ4v) is 3.74. The highest BCUT2D eigenvalue weighted by Crippen LogP contribution is 2.37. The van der Waals surface area contributed by atoms with E-state index in [1.165, 1.54) is 0 Å². The number of carbonyl (C=O) groups excluding carboxylic acids is 1. The molecule has 0 bridgehead atoms. The Kier molecular flexibility index (Phi) is 7.83. The molecule has 0 unspecified atom stereocenters. The molecule has 192 valence electrons. The summed E-state index contributed by atoms with van der Waals surface area (Å²) in [6.45, 7) is 9.08. The van der Waals surface area contributed by atoms with Gasteiger partial charge in [-0.1, -0.05) is 27.4 Å². The fourth-order valence-electron chi connectivity index (χ4n) is 3.74. The Hall–Kier alpha value is -3.02. The zero-order chi connectivity index (χ0) is 26.0. The summed E-state index contributed by atoms with van der Waals surface area (Å²) in [5, 5.41) is 3.00. The van der Waals surface area contributed by atoms with E-state index in [0.717, 1.165) is 18.2 Å². The van der Waals surface area contributed by atoms with Gasteiger partial charge in [0.1, 0.15) is 17.9 Å². The van der Waals surface area contributed by atoms with E-state index in [2.05, 4.69) is 26.6 Å². The quantitative estimate of drug-likeness (QED) is 0.300. The maximum absolute atomic E-state index is 14.6. The number of benzene rings is 1. The van der Waals surface area contributed by atoms with Crippen LogP contribution in [0.1, 0.15) is 32.9 Å². The first-order valence-electron chi connectivity index (χ1n) is 11.0. The molecular weight excluding hydrogens is 477 g/mol. The molecule has 7 nitrogen and oxygen atoms in total. The smallest absolute Gasteiger partial charge is 0.471 e. The van der Waals surface area contributed by atoms with Gasteiger partial charge in [0.2, 0.25) is 5.88 Å². The number of ether oxygens (including phenoxy) is 3. The molecule has 1 N–H and O–H groups in total. The number of hydrogen-bond acceptors (Lipinski definition) is 7. The first kappa shape index (κ1) is 26.6. The van der Waals surface area contributed by atoms with Crippen LogP contribution in [0.15, 0.2) is 30.9 Å². The minimum atomic E-state index is -4.95. The second-order valence-electron chi connectivity index (χ2n) is 8.54. The highest BCUT2D eigenvalue weighted by Gasteiger charge is 2.43. The average molecular weight is 503 g/mol. The lowest BCUT2D eigenvalue weighted by atomic mass is 9.95. The number of rotatable bonds is 9. The van der Waals surface area contributed by atoms with E-state index in [1.807, 2.05) is 20.8 Å². The van der Waals surface area contributed by atoms with Crippen molar-refractivity contribution in [1.82, 2.24) is 15.3 Å². The summed E-state index contributed by atoms with van der Waals surface area (Å²) in [7, 11) is 0. The Bertz CT molecular complexity index is 1080. The van der Waals surface area contributed by atoms with E-state index in [-0.39, 0.29) is 30.1 Å². The normalized spacial score (nSPS) is 20.8. The number of fused-ring (bicyclic) bond motifs is 1. The molecule has 0 saturated carbocycles. The molecule has 1 aliphatic rings. The van der Waals surface area contributed by atoms with Gasteiger partial charge in [-0.2, -0.15) is 8.78 Å². The van der Waals surface area contributed by atoms with E-state index < -0.39 is 53.6 Å². The summed E-state index contributed by atoms with van der Waals surface area (Å²) in [5.41, 5.74) is -1.07. The monoisotopic (exact) mass is 503 g/mol. The molecule has 0 radical (unpaired) electrons. The third-order valence-electron chi connectivity index (χ3n) is 5.40. The number of alkyl halides is 5. The Morgan fingerprint density at radius 1 is 1.23 bits per heavy atom. The van der Waals surface area contributed by atoms with E-state index >= 15 is 0 Å². The lowest BCUT2D eigenvalue weighted by Gasteiger charge is -2.24. The largest absolute Gasteiger partial charge is 0.573 e. The molecule has 3 atom stereocenters. The molecular formula is C23H26F5N3O4. The average Bonchev–Trinajstić information content (AvgIpc) is 3.18. The Morgan fingerprint density at radius 2 is 1.94 bits per heavy atom. The van der Waals surface area contributed by atoms with Crippen LogP contribution >= 0.6 is 0 Å². The molecule has 1 saturated heterocycles. The van der Waals surface area contributed by atoms with Crippen molar-refractivity contribution in [3.8, 4) is 11.6 Å². The summed E-state index contributed by atoms with van der Waals surface area (Å²) >= 11 is 0. The molecule has 1 aliphatic heterocycles. The minimum absolute atomic E-state index is 0.0878. The van der Waals surface area contributed by atoms with E-state index in [9.17, 15) is 26.7 Å². The van der Waals surface area contributed by atoms with Crippen molar-refractivity contribution >= 4 is 17.0 Å². The van der Waals surface area contributed by atoms with Crippen LogP contribution < -0.4 is 14.8 Å². The van der Waals surface area contributed by atoms with Gasteiger partial charge in [-0.25, -0.2) is 9.97 Å². The molecule has 12 heteroatoms. The van der Waals surface area contributed by atoms with E-state index in [0.29, 0.717) is 12.5 Å². The number of allylic oxidation sites excluding steroid dienone is 1. The summed E-state index contributed by atoms with van der Waals surface area (Å²) in [4.78, 5) is 20.4. The molecule has 3 rings (SSSR count). The number of hydrogen-bond donors (Lipinski definition) is 1. The van der Waals surface area contributed by atoms with Gasteiger partial charge in [0.25, 0.3) is 0 Å². The van der Waals surface area contributed by atoms with Gasteiger partial charge in [0.05, 0.1) is 17.6 Å². The predicted molar refractivity (Wildman–Crippen MR) is 116 cm³/mol. The summed E-state index contributed by atoms with van der Waals surface area (Å²) < 4.78 is 82.1. The summed E-state index contributed by atoms with van der Waals surface area (Å²) in [6.07, 6.45) is -4.87. The molecule has 2 heterocycles. The van der Waals surface area contributed by atoms with Crippen molar-refractivity contribution < 1.29 is 41.0 Å².